The standard InChI is InChI=1S/C13H24N4O2S/c1-11(13(18)17-6-8-19-9-7-17)16-4-2-15(3-5-16)10-12(14)20/h11H,2-10H2,1H3,(H2,14,20). The Kier molecular flexibility index (Phi) is 5.71. The predicted molar refractivity (Wildman–Crippen MR) is 81.7 cm³/mol. The maximum atomic E-state index is 12.4. The third-order valence-corrected chi connectivity index (χ3v) is 4.14. The summed E-state index contributed by atoms with van der Waals surface area (Å²) in [6.07, 6.45) is 0. The van der Waals surface area contributed by atoms with Crippen molar-refractivity contribution in [2.45, 2.75) is 13.0 Å². The summed E-state index contributed by atoms with van der Waals surface area (Å²) in [5.74, 6) is 0.219. The lowest BCUT2D eigenvalue weighted by Crippen LogP contribution is -2.56. The molecule has 2 saturated heterocycles. The molecule has 2 fully saturated rings. The molecule has 7 heteroatoms. The molecule has 1 unspecified atom stereocenters. The zero-order chi connectivity index (χ0) is 14.5. The van der Waals surface area contributed by atoms with Crippen LogP contribution >= 0.6 is 12.2 Å². The molecule has 0 aromatic rings. The van der Waals surface area contributed by atoms with E-state index < -0.39 is 0 Å². The van der Waals surface area contributed by atoms with Crippen LogP contribution in [0.4, 0.5) is 0 Å². The number of ether oxygens (including phenoxy) is 1. The normalized spacial score (nSPS) is 23.6. The number of amides is 1. The maximum Gasteiger partial charge on any atom is 0.239 e. The zero-order valence-electron chi connectivity index (χ0n) is 12.1. The lowest BCUT2D eigenvalue weighted by Gasteiger charge is -2.39. The largest absolute Gasteiger partial charge is 0.392 e. The summed E-state index contributed by atoms with van der Waals surface area (Å²) in [5, 5.41) is 0. The Bertz CT molecular complexity index is 352. The molecular weight excluding hydrogens is 276 g/mol. The molecule has 1 amide bonds. The average molecular weight is 300 g/mol. The van der Waals surface area contributed by atoms with Crippen LogP contribution in [0.5, 0.6) is 0 Å². The van der Waals surface area contributed by atoms with E-state index in [0.717, 1.165) is 26.2 Å². The molecule has 2 heterocycles. The first-order valence-electron chi connectivity index (χ1n) is 7.19. The van der Waals surface area contributed by atoms with Gasteiger partial charge >= 0.3 is 0 Å². The average Bonchev–Trinajstić information content (AvgIpc) is 2.47. The van der Waals surface area contributed by atoms with Crippen molar-refractivity contribution in [1.29, 1.82) is 0 Å². The van der Waals surface area contributed by atoms with E-state index in [2.05, 4.69) is 9.80 Å². The molecule has 0 aliphatic carbocycles. The molecule has 2 N–H and O–H groups in total. The second-order valence-electron chi connectivity index (χ2n) is 5.39. The van der Waals surface area contributed by atoms with E-state index in [-0.39, 0.29) is 11.9 Å². The van der Waals surface area contributed by atoms with Gasteiger partial charge in [0.2, 0.25) is 5.91 Å². The summed E-state index contributed by atoms with van der Waals surface area (Å²) >= 11 is 4.93. The second-order valence-corrected chi connectivity index (χ2v) is 5.92. The first-order valence-corrected chi connectivity index (χ1v) is 7.60. The first kappa shape index (κ1) is 15.6. The van der Waals surface area contributed by atoms with Crippen molar-refractivity contribution in [2.24, 2.45) is 5.73 Å². The topological polar surface area (TPSA) is 62.0 Å². The van der Waals surface area contributed by atoms with E-state index in [9.17, 15) is 4.79 Å². The molecule has 1 atom stereocenters. The third-order valence-electron chi connectivity index (χ3n) is 4.01. The van der Waals surface area contributed by atoms with E-state index in [0.29, 0.717) is 37.8 Å². The molecule has 0 saturated carbocycles. The van der Waals surface area contributed by atoms with Gasteiger partial charge in [0.15, 0.2) is 0 Å². The smallest absolute Gasteiger partial charge is 0.239 e. The number of nitrogens with two attached hydrogens (primary N) is 1. The summed E-state index contributed by atoms with van der Waals surface area (Å²) in [6, 6.07) is -0.0555. The minimum atomic E-state index is -0.0555. The molecule has 0 spiro atoms. The van der Waals surface area contributed by atoms with Crippen LogP contribution in [0.1, 0.15) is 6.92 Å². The highest BCUT2D eigenvalue weighted by atomic mass is 32.1. The lowest BCUT2D eigenvalue weighted by molar-refractivity contribution is -0.141. The van der Waals surface area contributed by atoms with Crippen molar-refractivity contribution in [3.8, 4) is 0 Å². The zero-order valence-corrected chi connectivity index (χ0v) is 12.9. The number of morpholine rings is 1. The molecule has 114 valence electrons. The van der Waals surface area contributed by atoms with Gasteiger partial charge in [-0.15, -0.1) is 0 Å². The molecule has 2 aliphatic heterocycles. The molecule has 0 aromatic carbocycles. The fourth-order valence-electron chi connectivity index (χ4n) is 2.73. The number of rotatable bonds is 4. The monoisotopic (exact) mass is 300 g/mol. The summed E-state index contributed by atoms with van der Waals surface area (Å²) in [7, 11) is 0. The molecule has 0 radical (unpaired) electrons. The van der Waals surface area contributed by atoms with Gasteiger partial charge in [-0.05, 0) is 6.92 Å². The SMILES string of the molecule is CC(C(=O)N1CCOCC1)N1CCN(CC(N)=S)CC1. The minimum absolute atomic E-state index is 0.0555. The van der Waals surface area contributed by atoms with Crippen LogP contribution in [0.3, 0.4) is 0 Å². The third kappa shape index (κ3) is 4.12. The van der Waals surface area contributed by atoms with Crippen LogP contribution in [0.15, 0.2) is 0 Å². The summed E-state index contributed by atoms with van der Waals surface area (Å²) in [6.45, 7) is 9.02. The van der Waals surface area contributed by atoms with Gasteiger partial charge in [-0.1, -0.05) is 12.2 Å². The van der Waals surface area contributed by atoms with Crippen molar-refractivity contribution in [2.75, 3.05) is 59.0 Å². The number of hydrogen-bond acceptors (Lipinski definition) is 5. The molecule has 0 bridgehead atoms. The molecule has 0 aromatic heterocycles. The predicted octanol–water partition coefficient (Wildman–Crippen LogP) is -0.863. The van der Waals surface area contributed by atoms with Crippen LogP contribution in [0.2, 0.25) is 0 Å². The molecule has 2 rings (SSSR count). The summed E-state index contributed by atoms with van der Waals surface area (Å²) < 4.78 is 5.29. The van der Waals surface area contributed by atoms with Crippen molar-refractivity contribution < 1.29 is 9.53 Å². The fraction of sp³-hybridized carbons (Fsp3) is 0.846. The number of thiocarbonyl (C=S) groups is 1. The van der Waals surface area contributed by atoms with Crippen LogP contribution < -0.4 is 5.73 Å². The summed E-state index contributed by atoms with van der Waals surface area (Å²) in [5.41, 5.74) is 5.57. The van der Waals surface area contributed by atoms with Crippen molar-refractivity contribution >= 4 is 23.1 Å². The van der Waals surface area contributed by atoms with Gasteiger partial charge in [-0.2, -0.15) is 0 Å². The Morgan fingerprint density at radius 3 is 2.35 bits per heavy atom. The second kappa shape index (κ2) is 7.31. The van der Waals surface area contributed by atoms with Crippen molar-refractivity contribution in [3.05, 3.63) is 0 Å². The maximum absolute atomic E-state index is 12.4. The Morgan fingerprint density at radius 1 is 1.20 bits per heavy atom. The van der Waals surface area contributed by atoms with Gasteiger partial charge in [-0.3, -0.25) is 14.6 Å². The first-order chi connectivity index (χ1) is 9.58. The quantitative estimate of drug-likeness (QED) is 0.682. The highest BCUT2D eigenvalue weighted by molar-refractivity contribution is 7.80. The van der Waals surface area contributed by atoms with Crippen LogP contribution in [-0.2, 0) is 9.53 Å². The van der Waals surface area contributed by atoms with E-state index >= 15 is 0 Å². The van der Waals surface area contributed by atoms with E-state index in [1.807, 2.05) is 11.8 Å². The van der Waals surface area contributed by atoms with Gasteiger partial charge in [-0.25, -0.2) is 0 Å². The number of hydrogen-bond donors (Lipinski definition) is 1. The highest BCUT2D eigenvalue weighted by Gasteiger charge is 2.29. The van der Waals surface area contributed by atoms with Crippen molar-refractivity contribution in [3.63, 3.8) is 0 Å². The van der Waals surface area contributed by atoms with Gasteiger partial charge in [0.25, 0.3) is 0 Å². The van der Waals surface area contributed by atoms with Gasteiger partial charge in [0.05, 0.1) is 24.2 Å². The van der Waals surface area contributed by atoms with Crippen LogP contribution in [0, 0.1) is 0 Å². The van der Waals surface area contributed by atoms with Crippen molar-refractivity contribution in [1.82, 2.24) is 14.7 Å². The Hall–Kier alpha value is -0.760. The number of carbonyl (C=O) groups excluding carboxylic acids is 1. The van der Waals surface area contributed by atoms with E-state index in [1.165, 1.54) is 0 Å². The van der Waals surface area contributed by atoms with Crippen LogP contribution in [-0.4, -0.2) is 90.7 Å². The Morgan fingerprint density at radius 2 is 1.80 bits per heavy atom. The summed E-state index contributed by atoms with van der Waals surface area (Å²) in [4.78, 5) is 19.4. The van der Waals surface area contributed by atoms with E-state index in [4.69, 9.17) is 22.7 Å². The Labute approximate surface area is 125 Å². The molecule has 6 nitrogen and oxygen atoms in total. The number of carbonyl (C=O) groups is 1. The van der Waals surface area contributed by atoms with E-state index in [1.54, 1.807) is 0 Å². The van der Waals surface area contributed by atoms with Gasteiger partial charge in [0, 0.05) is 45.8 Å². The number of nitrogens with zero attached hydrogens (tertiary/aromatic N) is 3. The Balaban J connectivity index is 1.80. The van der Waals surface area contributed by atoms with Gasteiger partial charge in [0.1, 0.15) is 0 Å². The molecule has 20 heavy (non-hydrogen) atoms. The highest BCUT2D eigenvalue weighted by Crippen LogP contribution is 2.10. The van der Waals surface area contributed by atoms with Crippen LogP contribution in [0.25, 0.3) is 0 Å². The number of piperazine rings is 1. The fourth-order valence-corrected chi connectivity index (χ4v) is 2.92. The molecular formula is C13H24N4O2S. The minimum Gasteiger partial charge on any atom is -0.392 e. The molecule has 2 aliphatic rings. The van der Waals surface area contributed by atoms with Gasteiger partial charge < -0.3 is 15.4 Å². The lowest BCUT2D eigenvalue weighted by atomic mass is 10.2.